The monoisotopic (exact) mass is 475 g/mol. The fourth-order valence-corrected chi connectivity index (χ4v) is 2.35. The van der Waals surface area contributed by atoms with Gasteiger partial charge in [-0.05, 0) is 49.9 Å². The number of rotatable bonds is 7. The number of benzene rings is 1. The second-order valence-corrected chi connectivity index (χ2v) is 6.29. The van der Waals surface area contributed by atoms with E-state index >= 15 is 0 Å². The summed E-state index contributed by atoms with van der Waals surface area (Å²) in [5.74, 6) is 2.81. The van der Waals surface area contributed by atoms with Gasteiger partial charge in [0.15, 0.2) is 5.96 Å². The summed E-state index contributed by atoms with van der Waals surface area (Å²) >= 11 is 5.89. The van der Waals surface area contributed by atoms with Crippen LogP contribution in [0.15, 0.2) is 33.8 Å². The van der Waals surface area contributed by atoms with Gasteiger partial charge in [-0.3, -0.25) is 4.99 Å². The summed E-state index contributed by atoms with van der Waals surface area (Å²) < 4.78 is 5.30. The van der Waals surface area contributed by atoms with Crippen LogP contribution >= 0.6 is 35.6 Å². The molecule has 25 heavy (non-hydrogen) atoms. The third-order valence-electron chi connectivity index (χ3n) is 3.75. The zero-order valence-corrected chi connectivity index (χ0v) is 17.3. The van der Waals surface area contributed by atoms with E-state index in [1.807, 2.05) is 24.3 Å². The number of nitrogens with zero attached hydrogens (tertiary/aromatic N) is 3. The van der Waals surface area contributed by atoms with Gasteiger partial charge in [-0.25, -0.2) is 0 Å². The van der Waals surface area contributed by atoms with Gasteiger partial charge in [0, 0.05) is 36.6 Å². The highest BCUT2D eigenvalue weighted by Gasteiger charge is 2.20. The zero-order valence-electron chi connectivity index (χ0n) is 14.2. The van der Waals surface area contributed by atoms with Crippen LogP contribution in [0.3, 0.4) is 0 Å². The van der Waals surface area contributed by atoms with E-state index in [1.165, 1.54) is 12.8 Å². The molecule has 1 aliphatic rings. The van der Waals surface area contributed by atoms with Gasteiger partial charge in [-0.15, -0.1) is 24.0 Å². The van der Waals surface area contributed by atoms with Crippen LogP contribution in [0.2, 0.25) is 5.02 Å². The number of aliphatic imine (C=N–C) groups is 1. The van der Waals surface area contributed by atoms with Gasteiger partial charge >= 0.3 is 0 Å². The highest BCUT2D eigenvalue weighted by Crippen LogP contribution is 2.28. The second-order valence-electron chi connectivity index (χ2n) is 5.86. The van der Waals surface area contributed by atoms with Crippen LogP contribution in [0.25, 0.3) is 11.4 Å². The normalized spacial score (nSPS) is 14.1. The van der Waals surface area contributed by atoms with Crippen LogP contribution in [0.5, 0.6) is 0 Å². The number of hydrogen-bond donors (Lipinski definition) is 2. The van der Waals surface area contributed by atoms with E-state index in [0.29, 0.717) is 29.7 Å². The van der Waals surface area contributed by atoms with Crippen molar-refractivity contribution in [3.05, 3.63) is 35.2 Å². The van der Waals surface area contributed by atoms with Crippen molar-refractivity contribution in [3.8, 4) is 11.4 Å². The molecule has 0 amide bonds. The molecule has 136 valence electrons. The minimum absolute atomic E-state index is 0. The minimum Gasteiger partial charge on any atom is -0.357 e. The van der Waals surface area contributed by atoms with Crippen molar-refractivity contribution in [1.29, 1.82) is 0 Å². The average molecular weight is 476 g/mol. The van der Waals surface area contributed by atoms with Gasteiger partial charge in [0.05, 0.1) is 0 Å². The van der Waals surface area contributed by atoms with Crippen LogP contribution in [-0.2, 0) is 6.42 Å². The molecule has 1 saturated carbocycles. The lowest BCUT2D eigenvalue weighted by molar-refractivity contribution is 0.378. The first-order chi connectivity index (χ1) is 11.7. The van der Waals surface area contributed by atoms with E-state index in [2.05, 4.69) is 32.7 Å². The smallest absolute Gasteiger partial charge is 0.228 e. The van der Waals surface area contributed by atoms with Gasteiger partial charge in [0.25, 0.3) is 0 Å². The van der Waals surface area contributed by atoms with Crippen LogP contribution in [0.4, 0.5) is 0 Å². The highest BCUT2D eigenvalue weighted by molar-refractivity contribution is 14.0. The lowest BCUT2D eigenvalue weighted by Crippen LogP contribution is -2.38. The van der Waals surface area contributed by atoms with Crippen molar-refractivity contribution < 1.29 is 4.52 Å². The summed E-state index contributed by atoms with van der Waals surface area (Å²) in [6.07, 6.45) is 3.26. The second kappa shape index (κ2) is 9.96. The molecule has 1 aliphatic carbocycles. The SMILES string of the molecule is CCNC(=NCC1CC1)NCCc1nc(-c2ccc(Cl)cc2)no1.I. The van der Waals surface area contributed by atoms with E-state index in [0.717, 1.165) is 30.5 Å². The van der Waals surface area contributed by atoms with Gasteiger partial charge in [-0.2, -0.15) is 4.98 Å². The van der Waals surface area contributed by atoms with Gasteiger partial charge < -0.3 is 15.2 Å². The number of nitrogens with one attached hydrogen (secondary N) is 2. The number of guanidine groups is 1. The summed E-state index contributed by atoms with van der Waals surface area (Å²) in [5, 5.41) is 11.3. The lowest BCUT2D eigenvalue weighted by atomic mass is 10.2. The molecule has 2 aromatic rings. The van der Waals surface area contributed by atoms with Crippen molar-refractivity contribution in [1.82, 2.24) is 20.8 Å². The fourth-order valence-electron chi connectivity index (χ4n) is 2.22. The molecule has 1 heterocycles. The molecule has 3 rings (SSSR count). The van der Waals surface area contributed by atoms with Crippen LogP contribution < -0.4 is 10.6 Å². The lowest BCUT2D eigenvalue weighted by Gasteiger charge is -2.09. The van der Waals surface area contributed by atoms with Gasteiger partial charge in [0.2, 0.25) is 11.7 Å². The number of aromatic nitrogens is 2. The maximum absolute atomic E-state index is 5.89. The van der Waals surface area contributed by atoms with Crippen LogP contribution in [-0.4, -0.2) is 35.7 Å². The third kappa shape index (κ3) is 6.47. The molecule has 1 aromatic carbocycles. The summed E-state index contributed by atoms with van der Waals surface area (Å²) in [5.41, 5.74) is 0.890. The van der Waals surface area contributed by atoms with Crippen molar-refractivity contribution in [2.24, 2.45) is 10.9 Å². The minimum atomic E-state index is 0. The molecule has 0 unspecified atom stereocenters. The molecule has 6 nitrogen and oxygen atoms in total. The van der Waals surface area contributed by atoms with E-state index < -0.39 is 0 Å². The first-order valence-corrected chi connectivity index (χ1v) is 8.73. The van der Waals surface area contributed by atoms with Crippen molar-refractivity contribution in [2.75, 3.05) is 19.6 Å². The Morgan fingerprint density at radius 1 is 1.28 bits per heavy atom. The molecule has 8 heteroatoms. The van der Waals surface area contributed by atoms with Gasteiger partial charge in [-0.1, -0.05) is 16.8 Å². The Labute approximate surface area is 169 Å². The summed E-state index contributed by atoms with van der Waals surface area (Å²) in [4.78, 5) is 9.00. The van der Waals surface area contributed by atoms with E-state index in [-0.39, 0.29) is 24.0 Å². The Hall–Kier alpha value is -1.35. The fraction of sp³-hybridized carbons (Fsp3) is 0.471. The Kier molecular flexibility index (Phi) is 7.95. The predicted molar refractivity (Wildman–Crippen MR) is 111 cm³/mol. The standard InChI is InChI=1S/C17H22ClN5O.HI/c1-2-19-17(21-11-12-3-4-12)20-10-9-15-22-16(23-24-15)13-5-7-14(18)8-6-13;/h5-8,12H,2-4,9-11H2,1H3,(H2,19,20,21);1H. The quantitative estimate of drug-likeness (QED) is 0.364. The average Bonchev–Trinajstić information content (AvgIpc) is 3.30. The molecule has 0 aliphatic heterocycles. The molecular formula is C17H23ClIN5O. The largest absolute Gasteiger partial charge is 0.357 e. The first kappa shape index (κ1) is 20.0. The number of halogens is 2. The molecule has 0 radical (unpaired) electrons. The van der Waals surface area contributed by atoms with Crippen molar-refractivity contribution in [2.45, 2.75) is 26.2 Å². The first-order valence-electron chi connectivity index (χ1n) is 8.35. The summed E-state index contributed by atoms with van der Waals surface area (Å²) in [6, 6.07) is 7.38. The van der Waals surface area contributed by atoms with Crippen molar-refractivity contribution in [3.63, 3.8) is 0 Å². The molecule has 0 atom stereocenters. The highest BCUT2D eigenvalue weighted by atomic mass is 127. The Morgan fingerprint density at radius 2 is 2.04 bits per heavy atom. The maximum Gasteiger partial charge on any atom is 0.228 e. The zero-order chi connectivity index (χ0) is 16.8. The number of hydrogen-bond acceptors (Lipinski definition) is 4. The molecule has 1 aromatic heterocycles. The third-order valence-corrected chi connectivity index (χ3v) is 4.00. The Morgan fingerprint density at radius 3 is 2.72 bits per heavy atom. The summed E-state index contributed by atoms with van der Waals surface area (Å²) in [7, 11) is 0. The maximum atomic E-state index is 5.89. The Bertz CT molecular complexity index is 685. The predicted octanol–water partition coefficient (Wildman–Crippen LogP) is 3.52. The summed E-state index contributed by atoms with van der Waals surface area (Å²) in [6.45, 7) is 4.50. The van der Waals surface area contributed by atoms with E-state index in [1.54, 1.807) is 0 Å². The molecular weight excluding hydrogens is 453 g/mol. The van der Waals surface area contributed by atoms with E-state index in [9.17, 15) is 0 Å². The van der Waals surface area contributed by atoms with Crippen LogP contribution in [0.1, 0.15) is 25.7 Å². The molecule has 0 saturated heterocycles. The Balaban J connectivity index is 0.00000225. The molecule has 0 spiro atoms. The van der Waals surface area contributed by atoms with E-state index in [4.69, 9.17) is 16.1 Å². The van der Waals surface area contributed by atoms with Crippen LogP contribution in [0, 0.1) is 5.92 Å². The topological polar surface area (TPSA) is 75.3 Å². The van der Waals surface area contributed by atoms with Gasteiger partial charge in [0.1, 0.15) is 0 Å². The van der Waals surface area contributed by atoms with Crippen molar-refractivity contribution >= 4 is 41.5 Å². The molecule has 0 bridgehead atoms. The molecule has 2 N–H and O–H groups in total. The molecule has 1 fully saturated rings.